The number of fused-ring (bicyclic) bond motifs is 1. The Morgan fingerprint density at radius 1 is 1.05 bits per heavy atom. The lowest BCUT2D eigenvalue weighted by Crippen LogP contribution is -2.00. The second-order valence-corrected chi connectivity index (χ2v) is 5.61. The first kappa shape index (κ1) is 12.9. The minimum atomic E-state index is -0.305. The summed E-state index contributed by atoms with van der Waals surface area (Å²) in [7, 11) is 1.39. The molecule has 0 aliphatic heterocycles. The van der Waals surface area contributed by atoms with Crippen LogP contribution in [0.5, 0.6) is 0 Å². The molecule has 0 saturated heterocycles. The van der Waals surface area contributed by atoms with Crippen LogP contribution in [0, 0.1) is 6.92 Å². The van der Waals surface area contributed by atoms with Crippen LogP contribution in [0.3, 0.4) is 0 Å². The van der Waals surface area contributed by atoms with E-state index in [1.807, 2.05) is 12.1 Å². The minimum absolute atomic E-state index is 0.305. The number of carbonyl (C=O) groups excluding carboxylic acids is 1. The van der Waals surface area contributed by atoms with Crippen LogP contribution in [0.25, 0.3) is 21.2 Å². The van der Waals surface area contributed by atoms with E-state index in [0.717, 1.165) is 11.1 Å². The van der Waals surface area contributed by atoms with Gasteiger partial charge >= 0.3 is 5.97 Å². The molecule has 0 saturated carbocycles. The van der Waals surface area contributed by atoms with E-state index >= 15 is 0 Å². The summed E-state index contributed by atoms with van der Waals surface area (Å²) in [6, 6.07) is 14.0. The van der Waals surface area contributed by atoms with Crippen LogP contribution in [-0.4, -0.2) is 13.1 Å². The molecule has 20 heavy (non-hydrogen) atoms. The maximum atomic E-state index is 11.4. The largest absolute Gasteiger partial charge is 0.465 e. The Morgan fingerprint density at radius 3 is 2.45 bits per heavy atom. The highest BCUT2D eigenvalue weighted by atomic mass is 32.1. The van der Waals surface area contributed by atoms with Crippen molar-refractivity contribution in [3.8, 4) is 11.1 Å². The first-order valence-corrected chi connectivity index (χ1v) is 7.23. The first-order valence-electron chi connectivity index (χ1n) is 6.35. The summed E-state index contributed by atoms with van der Waals surface area (Å²) >= 11 is 1.77. The van der Waals surface area contributed by atoms with Crippen molar-refractivity contribution < 1.29 is 9.53 Å². The molecule has 1 aromatic heterocycles. The highest BCUT2D eigenvalue weighted by Gasteiger charge is 2.06. The fourth-order valence-electron chi connectivity index (χ4n) is 2.25. The van der Waals surface area contributed by atoms with Gasteiger partial charge in [-0.3, -0.25) is 0 Å². The highest BCUT2D eigenvalue weighted by Crippen LogP contribution is 2.30. The van der Waals surface area contributed by atoms with Crippen LogP contribution in [0.1, 0.15) is 15.9 Å². The third kappa shape index (κ3) is 2.21. The maximum absolute atomic E-state index is 11.4. The molecule has 3 rings (SSSR count). The molecule has 3 aromatic rings. The van der Waals surface area contributed by atoms with Crippen LogP contribution < -0.4 is 0 Å². The zero-order valence-corrected chi connectivity index (χ0v) is 12.2. The van der Waals surface area contributed by atoms with Gasteiger partial charge in [-0.05, 0) is 58.6 Å². The molecule has 0 radical (unpaired) electrons. The molecule has 0 atom stereocenters. The molecule has 100 valence electrons. The number of rotatable bonds is 2. The van der Waals surface area contributed by atoms with Gasteiger partial charge in [0.1, 0.15) is 0 Å². The lowest BCUT2D eigenvalue weighted by Gasteiger charge is -2.04. The minimum Gasteiger partial charge on any atom is -0.465 e. The summed E-state index contributed by atoms with van der Waals surface area (Å²) in [6.45, 7) is 2.13. The zero-order valence-electron chi connectivity index (χ0n) is 11.3. The van der Waals surface area contributed by atoms with Crippen LogP contribution >= 0.6 is 11.3 Å². The van der Waals surface area contributed by atoms with Gasteiger partial charge in [-0.15, -0.1) is 11.3 Å². The van der Waals surface area contributed by atoms with E-state index in [9.17, 15) is 4.79 Å². The molecule has 0 aliphatic rings. The molecule has 3 heteroatoms. The number of methoxy groups -OCH3 is 1. The summed E-state index contributed by atoms with van der Waals surface area (Å²) < 4.78 is 6.01. The number of thiophene rings is 1. The quantitative estimate of drug-likeness (QED) is 0.639. The predicted molar refractivity (Wildman–Crippen MR) is 83.3 cm³/mol. The van der Waals surface area contributed by atoms with Crippen LogP contribution in [0.15, 0.2) is 47.8 Å². The van der Waals surface area contributed by atoms with Crippen LogP contribution in [0.4, 0.5) is 0 Å². The predicted octanol–water partition coefficient (Wildman–Crippen LogP) is 4.66. The Hall–Kier alpha value is -2.13. The van der Waals surface area contributed by atoms with Crippen molar-refractivity contribution in [2.45, 2.75) is 6.92 Å². The Morgan fingerprint density at radius 2 is 1.75 bits per heavy atom. The van der Waals surface area contributed by atoms with Gasteiger partial charge in [0.15, 0.2) is 0 Å². The number of carbonyl (C=O) groups is 1. The SMILES string of the molecule is COC(=O)c1ccc(-c2ccc3scc(C)c3c2)cc1. The smallest absolute Gasteiger partial charge is 0.337 e. The van der Waals surface area contributed by atoms with E-state index in [1.54, 1.807) is 23.5 Å². The van der Waals surface area contributed by atoms with Crippen molar-refractivity contribution in [1.29, 1.82) is 0 Å². The lowest BCUT2D eigenvalue weighted by atomic mass is 10.0. The number of hydrogen-bond donors (Lipinski definition) is 0. The van der Waals surface area contributed by atoms with Crippen molar-refractivity contribution in [1.82, 2.24) is 0 Å². The normalized spacial score (nSPS) is 10.7. The van der Waals surface area contributed by atoms with E-state index in [1.165, 1.54) is 22.8 Å². The Kier molecular flexibility index (Phi) is 3.28. The van der Waals surface area contributed by atoms with E-state index in [4.69, 9.17) is 4.74 Å². The summed E-state index contributed by atoms with van der Waals surface area (Å²) in [5.41, 5.74) is 4.14. The number of aryl methyl sites for hydroxylation is 1. The molecule has 0 aliphatic carbocycles. The first-order chi connectivity index (χ1) is 9.69. The molecule has 0 unspecified atom stereocenters. The van der Waals surface area contributed by atoms with Crippen molar-refractivity contribution in [2.24, 2.45) is 0 Å². The number of ether oxygens (including phenoxy) is 1. The van der Waals surface area contributed by atoms with Gasteiger partial charge in [-0.2, -0.15) is 0 Å². The molecular weight excluding hydrogens is 268 g/mol. The topological polar surface area (TPSA) is 26.3 Å². The van der Waals surface area contributed by atoms with Crippen LogP contribution in [0.2, 0.25) is 0 Å². The second-order valence-electron chi connectivity index (χ2n) is 4.70. The summed E-state index contributed by atoms with van der Waals surface area (Å²) in [5.74, 6) is -0.305. The van der Waals surface area contributed by atoms with E-state index < -0.39 is 0 Å². The van der Waals surface area contributed by atoms with Gasteiger partial charge < -0.3 is 4.74 Å². The molecule has 0 spiro atoms. The summed E-state index contributed by atoms with van der Waals surface area (Å²) in [4.78, 5) is 11.4. The molecule has 1 heterocycles. The lowest BCUT2D eigenvalue weighted by molar-refractivity contribution is 0.0601. The van der Waals surface area contributed by atoms with E-state index in [0.29, 0.717) is 5.56 Å². The Labute approximate surface area is 121 Å². The maximum Gasteiger partial charge on any atom is 0.337 e. The Bertz CT molecular complexity index is 769. The fourth-order valence-corrected chi connectivity index (χ4v) is 3.18. The fraction of sp³-hybridized carbons (Fsp3) is 0.118. The van der Waals surface area contributed by atoms with Gasteiger partial charge in [0.05, 0.1) is 12.7 Å². The average Bonchev–Trinajstić information content (AvgIpc) is 2.87. The molecule has 0 N–H and O–H groups in total. The van der Waals surface area contributed by atoms with Gasteiger partial charge in [0.25, 0.3) is 0 Å². The van der Waals surface area contributed by atoms with Gasteiger partial charge in [0.2, 0.25) is 0 Å². The van der Waals surface area contributed by atoms with Crippen LogP contribution in [-0.2, 0) is 4.74 Å². The molecular formula is C17H14O2S. The molecule has 0 fully saturated rings. The van der Waals surface area contributed by atoms with E-state index in [2.05, 4.69) is 30.5 Å². The van der Waals surface area contributed by atoms with Gasteiger partial charge in [-0.25, -0.2) is 4.79 Å². The molecule has 0 bridgehead atoms. The zero-order chi connectivity index (χ0) is 14.1. The van der Waals surface area contributed by atoms with Crippen molar-refractivity contribution >= 4 is 27.4 Å². The third-order valence-electron chi connectivity index (χ3n) is 3.41. The van der Waals surface area contributed by atoms with Gasteiger partial charge in [0, 0.05) is 4.70 Å². The summed E-state index contributed by atoms with van der Waals surface area (Å²) in [5, 5.41) is 3.47. The van der Waals surface area contributed by atoms with Crippen molar-refractivity contribution in [3.63, 3.8) is 0 Å². The monoisotopic (exact) mass is 282 g/mol. The third-order valence-corrected chi connectivity index (χ3v) is 4.49. The summed E-state index contributed by atoms with van der Waals surface area (Å²) in [6.07, 6.45) is 0. The molecule has 2 nitrogen and oxygen atoms in total. The molecule has 2 aromatic carbocycles. The van der Waals surface area contributed by atoms with Crippen molar-refractivity contribution in [2.75, 3.05) is 7.11 Å². The van der Waals surface area contributed by atoms with Crippen molar-refractivity contribution in [3.05, 3.63) is 59.0 Å². The standard InChI is InChI=1S/C17H14O2S/c1-11-10-20-16-8-7-14(9-15(11)16)12-3-5-13(6-4-12)17(18)19-2/h3-10H,1-2H3. The molecule has 0 amide bonds. The highest BCUT2D eigenvalue weighted by molar-refractivity contribution is 7.17. The number of hydrogen-bond acceptors (Lipinski definition) is 3. The van der Waals surface area contributed by atoms with E-state index in [-0.39, 0.29) is 5.97 Å². The van der Waals surface area contributed by atoms with Gasteiger partial charge in [-0.1, -0.05) is 18.2 Å². The average molecular weight is 282 g/mol. The Balaban J connectivity index is 2.02. The number of esters is 1. The second kappa shape index (κ2) is 5.10. The number of benzene rings is 2.